The van der Waals surface area contributed by atoms with E-state index in [0.29, 0.717) is 39.3 Å². The number of hydrogen-bond donors (Lipinski definition) is 1. The van der Waals surface area contributed by atoms with E-state index >= 15 is 0 Å². The summed E-state index contributed by atoms with van der Waals surface area (Å²) in [5.74, 6) is 0.730. The van der Waals surface area contributed by atoms with E-state index in [1.54, 1.807) is 37.4 Å². The van der Waals surface area contributed by atoms with Crippen LogP contribution >= 0.6 is 23.4 Å². The number of nitrogens with zero attached hydrogens (tertiary/aromatic N) is 2. The van der Waals surface area contributed by atoms with Crippen molar-refractivity contribution in [3.05, 3.63) is 69.2 Å². The molecule has 160 valence electrons. The SMILES string of the molecule is CCOc1cc([C@H]2CC(=O)N3C(=C2C#N)SC[C@@]3(O)c2ccc(Cl)cc2)ccc1OC. The van der Waals surface area contributed by atoms with E-state index in [2.05, 4.69) is 6.07 Å². The fourth-order valence-corrected chi connectivity index (χ4v) is 5.50. The van der Waals surface area contributed by atoms with Gasteiger partial charge in [0.05, 0.1) is 36.1 Å². The van der Waals surface area contributed by atoms with E-state index < -0.39 is 11.6 Å². The normalized spacial score (nSPS) is 22.9. The van der Waals surface area contributed by atoms with Crippen molar-refractivity contribution in [2.24, 2.45) is 0 Å². The molecule has 2 aliphatic heterocycles. The average Bonchev–Trinajstić information content (AvgIpc) is 3.13. The lowest BCUT2D eigenvalue weighted by atomic mass is 9.85. The predicted octanol–water partition coefficient (Wildman–Crippen LogP) is 4.39. The summed E-state index contributed by atoms with van der Waals surface area (Å²) in [7, 11) is 1.56. The highest BCUT2D eigenvalue weighted by Crippen LogP contribution is 2.52. The van der Waals surface area contributed by atoms with Gasteiger partial charge in [-0.25, -0.2) is 0 Å². The number of nitriles is 1. The Morgan fingerprint density at radius 1 is 1.29 bits per heavy atom. The Morgan fingerprint density at radius 2 is 2.03 bits per heavy atom. The lowest BCUT2D eigenvalue weighted by Gasteiger charge is -2.38. The number of rotatable bonds is 5. The van der Waals surface area contributed by atoms with Gasteiger partial charge in [0.25, 0.3) is 0 Å². The van der Waals surface area contributed by atoms with Crippen LogP contribution in [0.15, 0.2) is 53.1 Å². The summed E-state index contributed by atoms with van der Waals surface area (Å²) in [5, 5.41) is 22.5. The Balaban J connectivity index is 1.77. The van der Waals surface area contributed by atoms with Crippen LogP contribution in [-0.2, 0) is 10.5 Å². The number of ether oxygens (including phenoxy) is 2. The molecule has 0 bridgehead atoms. The van der Waals surface area contributed by atoms with Crippen molar-refractivity contribution in [3.63, 3.8) is 0 Å². The van der Waals surface area contributed by atoms with Gasteiger partial charge in [0.2, 0.25) is 5.91 Å². The minimum atomic E-state index is -1.52. The van der Waals surface area contributed by atoms with E-state index in [1.165, 1.54) is 16.7 Å². The third kappa shape index (κ3) is 3.65. The molecule has 31 heavy (non-hydrogen) atoms. The van der Waals surface area contributed by atoms with Crippen LogP contribution in [0.1, 0.15) is 30.4 Å². The first kappa shape index (κ1) is 21.6. The molecule has 2 aliphatic rings. The molecule has 0 radical (unpaired) electrons. The summed E-state index contributed by atoms with van der Waals surface area (Å²) in [5.41, 5.74) is 0.294. The summed E-state index contributed by atoms with van der Waals surface area (Å²) < 4.78 is 11.0. The number of fused-ring (bicyclic) bond motifs is 1. The third-order valence-corrected chi connectivity index (χ3v) is 6.98. The molecular formula is C23H21ClN2O4S. The molecule has 0 unspecified atom stereocenters. The lowest BCUT2D eigenvalue weighted by Crippen LogP contribution is -2.48. The Bertz CT molecular complexity index is 1100. The van der Waals surface area contributed by atoms with Gasteiger partial charge in [-0.05, 0) is 36.8 Å². The van der Waals surface area contributed by atoms with Gasteiger partial charge in [0.15, 0.2) is 17.2 Å². The first-order chi connectivity index (χ1) is 14.9. The molecule has 0 saturated carbocycles. The molecule has 0 aromatic heterocycles. The largest absolute Gasteiger partial charge is 0.493 e. The number of aliphatic hydroxyl groups is 1. The minimum Gasteiger partial charge on any atom is -0.493 e. The van der Waals surface area contributed by atoms with Gasteiger partial charge >= 0.3 is 0 Å². The fraction of sp³-hybridized carbons (Fsp3) is 0.304. The molecule has 1 fully saturated rings. The summed E-state index contributed by atoms with van der Waals surface area (Å²) in [6, 6.07) is 14.5. The van der Waals surface area contributed by atoms with Crippen LogP contribution in [-0.4, -0.2) is 35.4 Å². The summed E-state index contributed by atoms with van der Waals surface area (Å²) in [6.45, 7) is 2.34. The van der Waals surface area contributed by atoms with E-state index in [4.69, 9.17) is 21.1 Å². The Hall–Kier alpha value is -2.66. The maximum atomic E-state index is 13.2. The fourth-order valence-electron chi connectivity index (χ4n) is 4.02. The highest BCUT2D eigenvalue weighted by molar-refractivity contribution is 8.03. The number of benzene rings is 2. The second-order valence-corrected chi connectivity index (χ2v) is 8.67. The third-order valence-electron chi connectivity index (χ3n) is 5.51. The zero-order chi connectivity index (χ0) is 22.2. The molecule has 1 amide bonds. The van der Waals surface area contributed by atoms with E-state index in [0.717, 1.165) is 5.56 Å². The first-order valence-corrected chi connectivity index (χ1v) is 11.2. The predicted molar refractivity (Wildman–Crippen MR) is 119 cm³/mol. The monoisotopic (exact) mass is 456 g/mol. The number of carbonyl (C=O) groups excluding carboxylic acids is 1. The quantitative estimate of drug-likeness (QED) is 0.718. The molecule has 0 spiro atoms. The van der Waals surface area contributed by atoms with Gasteiger partial charge < -0.3 is 14.6 Å². The van der Waals surface area contributed by atoms with Gasteiger partial charge in [-0.15, -0.1) is 11.8 Å². The van der Waals surface area contributed by atoms with Crippen LogP contribution in [0.3, 0.4) is 0 Å². The number of allylic oxidation sites excluding steroid dienone is 1. The zero-order valence-electron chi connectivity index (χ0n) is 17.1. The van der Waals surface area contributed by atoms with Crippen molar-refractivity contribution in [1.82, 2.24) is 4.90 Å². The second-order valence-electron chi connectivity index (χ2n) is 7.27. The maximum absolute atomic E-state index is 13.2. The molecule has 2 aromatic rings. The minimum absolute atomic E-state index is 0.0702. The smallest absolute Gasteiger partial charge is 0.231 e. The van der Waals surface area contributed by atoms with Crippen molar-refractivity contribution < 1.29 is 19.4 Å². The summed E-state index contributed by atoms with van der Waals surface area (Å²) >= 11 is 7.29. The highest BCUT2D eigenvalue weighted by Gasteiger charge is 2.51. The average molecular weight is 457 g/mol. The van der Waals surface area contributed by atoms with Crippen LogP contribution in [0.4, 0.5) is 0 Å². The van der Waals surface area contributed by atoms with Gasteiger partial charge in [-0.3, -0.25) is 9.69 Å². The molecule has 2 aromatic carbocycles. The number of halogens is 1. The van der Waals surface area contributed by atoms with Gasteiger partial charge in [0.1, 0.15) is 0 Å². The van der Waals surface area contributed by atoms with Gasteiger partial charge in [-0.1, -0.05) is 29.8 Å². The van der Waals surface area contributed by atoms with Crippen molar-refractivity contribution in [3.8, 4) is 17.6 Å². The molecule has 2 heterocycles. The number of hydrogen-bond acceptors (Lipinski definition) is 6. The van der Waals surface area contributed by atoms with Crippen LogP contribution in [0.2, 0.25) is 5.02 Å². The molecule has 0 aliphatic carbocycles. The molecule has 1 N–H and O–H groups in total. The van der Waals surface area contributed by atoms with Crippen molar-refractivity contribution in [2.75, 3.05) is 19.5 Å². The van der Waals surface area contributed by atoms with Crippen LogP contribution in [0.5, 0.6) is 11.5 Å². The van der Waals surface area contributed by atoms with Gasteiger partial charge in [-0.2, -0.15) is 5.26 Å². The van der Waals surface area contributed by atoms with Gasteiger partial charge in [0, 0.05) is 22.9 Å². The molecule has 8 heteroatoms. The Kier molecular flexibility index (Phi) is 5.89. The number of carbonyl (C=O) groups is 1. The summed E-state index contributed by atoms with van der Waals surface area (Å²) in [4.78, 5) is 14.6. The van der Waals surface area contributed by atoms with E-state index in [1.807, 2.05) is 19.1 Å². The van der Waals surface area contributed by atoms with E-state index in [-0.39, 0.29) is 18.1 Å². The van der Waals surface area contributed by atoms with Crippen LogP contribution < -0.4 is 9.47 Å². The van der Waals surface area contributed by atoms with Crippen LogP contribution in [0.25, 0.3) is 0 Å². The lowest BCUT2D eigenvalue weighted by molar-refractivity contribution is -0.149. The molecule has 4 rings (SSSR count). The molecular weight excluding hydrogens is 436 g/mol. The number of amides is 1. The zero-order valence-corrected chi connectivity index (χ0v) is 18.7. The molecule has 1 saturated heterocycles. The Labute approximate surface area is 190 Å². The molecule has 6 nitrogen and oxygen atoms in total. The topological polar surface area (TPSA) is 82.8 Å². The number of thioether (sulfide) groups is 1. The van der Waals surface area contributed by atoms with Crippen molar-refractivity contribution >= 4 is 29.3 Å². The standard InChI is InChI=1S/C23H21ClN2O4S/c1-3-30-20-10-14(4-9-19(20)29-2)17-11-21(27)26-22(18(17)12-25)31-13-23(26,28)15-5-7-16(24)8-6-15/h4-10,17,28H,3,11,13H2,1-2H3/t17-,23-/m1/s1. The highest BCUT2D eigenvalue weighted by atomic mass is 35.5. The van der Waals surface area contributed by atoms with E-state index in [9.17, 15) is 15.2 Å². The second kappa shape index (κ2) is 8.46. The molecule has 2 atom stereocenters. The number of methoxy groups -OCH3 is 1. The van der Waals surface area contributed by atoms with Crippen LogP contribution in [0, 0.1) is 11.3 Å². The first-order valence-electron chi connectivity index (χ1n) is 9.82. The van der Waals surface area contributed by atoms with Crippen molar-refractivity contribution in [2.45, 2.75) is 25.0 Å². The summed E-state index contributed by atoms with van der Waals surface area (Å²) in [6.07, 6.45) is 0.0702. The van der Waals surface area contributed by atoms with Crippen molar-refractivity contribution in [1.29, 1.82) is 5.26 Å². The maximum Gasteiger partial charge on any atom is 0.231 e. The Morgan fingerprint density at radius 3 is 2.68 bits per heavy atom.